The highest BCUT2D eigenvalue weighted by Gasteiger charge is 2.40. The van der Waals surface area contributed by atoms with Gasteiger partial charge in [-0.2, -0.15) is 4.31 Å². The van der Waals surface area contributed by atoms with Gasteiger partial charge in [-0.25, -0.2) is 8.42 Å². The van der Waals surface area contributed by atoms with E-state index in [0.717, 1.165) is 11.1 Å². The van der Waals surface area contributed by atoms with E-state index in [1.807, 2.05) is 32.0 Å². The molecule has 2 heterocycles. The second-order valence-electron chi connectivity index (χ2n) is 8.01. The van der Waals surface area contributed by atoms with Gasteiger partial charge in [0.2, 0.25) is 15.9 Å². The van der Waals surface area contributed by atoms with Crippen molar-refractivity contribution < 1.29 is 22.7 Å². The molecule has 4 rings (SSSR count). The summed E-state index contributed by atoms with van der Waals surface area (Å²) in [6.07, 6.45) is 1.05. The number of nitrogens with one attached hydrogen (secondary N) is 2. The van der Waals surface area contributed by atoms with Gasteiger partial charge < -0.3 is 15.4 Å². The largest absolute Gasteiger partial charge is 0.482 e. The Morgan fingerprint density at radius 1 is 1.13 bits per heavy atom. The van der Waals surface area contributed by atoms with Crippen LogP contribution < -0.4 is 15.4 Å². The number of amides is 2. The Hall–Kier alpha value is -2.91. The summed E-state index contributed by atoms with van der Waals surface area (Å²) >= 11 is 0. The molecule has 0 saturated carbocycles. The summed E-state index contributed by atoms with van der Waals surface area (Å²) < 4.78 is 33.6. The van der Waals surface area contributed by atoms with Gasteiger partial charge in [0.25, 0.3) is 5.91 Å². The highest BCUT2D eigenvalue weighted by molar-refractivity contribution is 7.89. The van der Waals surface area contributed by atoms with Gasteiger partial charge in [-0.05, 0) is 68.5 Å². The SMILES string of the molecule is Cc1ccc(NC(=O)[C@@H]2CCCN2S(=O)(=O)c2cc3c(cc2C)NC(=O)CO3)cc1C. The number of aryl methyl sites for hydroxylation is 3. The van der Waals surface area contributed by atoms with Gasteiger partial charge >= 0.3 is 0 Å². The minimum atomic E-state index is -3.94. The van der Waals surface area contributed by atoms with Crippen molar-refractivity contribution in [3.8, 4) is 5.75 Å². The summed E-state index contributed by atoms with van der Waals surface area (Å²) in [5, 5.41) is 5.53. The molecule has 0 radical (unpaired) electrons. The number of ether oxygens (including phenoxy) is 1. The van der Waals surface area contributed by atoms with E-state index in [1.54, 1.807) is 13.0 Å². The van der Waals surface area contributed by atoms with E-state index in [-0.39, 0.29) is 29.9 Å². The van der Waals surface area contributed by atoms with Crippen molar-refractivity contribution in [2.24, 2.45) is 0 Å². The number of carbonyl (C=O) groups is 2. The number of fused-ring (bicyclic) bond motifs is 1. The van der Waals surface area contributed by atoms with Crippen molar-refractivity contribution in [2.45, 2.75) is 44.6 Å². The van der Waals surface area contributed by atoms with E-state index >= 15 is 0 Å². The van der Waals surface area contributed by atoms with E-state index in [9.17, 15) is 18.0 Å². The average Bonchev–Trinajstić information content (AvgIpc) is 3.21. The second kappa shape index (κ2) is 7.97. The predicted octanol–water partition coefficient (Wildman–Crippen LogP) is 2.73. The molecule has 2 amide bonds. The van der Waals surface area contributed by atoms with Crippen LogP contribution in [0.5, 0.6) is 5.75 Å². The van der Waals surface area contributed by atoms with Crippen LogP contribution in [0.1, 0.15) is 29.5 Å². The molecule has 2 N–H and O–H groups in total. The smallest absolute Gasteiger partial charge is 0.262 e. The first-order valence-electron chi connectivity index (χ1n) is 10.1. The first kappa shape index (κ1) is 21.3. The molecular formula is C22H25N3O5S. The van der Waals surface area contributed by atoms with Gasteiger partial charge in [-0.15, -0.1) is 0 Å². The van der Waals surface area contributed by atoms with Crippen LogP contribution in [0.25, 0.3) is 0 Å². The number of rotatable bonds is 4. The van der Waals surface area contributed by atoms with E-state index in [4.69, 9.17) is 4.74 Å². The third-order valence-electron chi connectivity index (χ3n) is 5.78. The molecule has 1 saturated heterocycles. The van der Waals surface area contributed by atoms with Crippen LogP contribution >= 0.6 is 0 Å². The Morgan fingerprint density at radius 2 is 1.90 bits per heavy atom. The first-order chi connectivity index (χ1) is 14.7. The quantitative estimate of drug-likeness (QED) is 0.756. The van der Waals surface area contributed by atoms with Crippen LogP contribution in [0.15, 0.2) is 35.2 Å². The van der Waals surface area contributed by atoms with Gasteiger partial charge in [-0.1, -0.05) is 6.07 Å². The molecule has 2 aromatic rings. The van der Waals surface area contributed by atoms with Crippen molar-refractivity contribution in [1.82, 2.24) is 4.31 Å². The zero-order valence-corrected chi connectivity index (χ0v) is 18.5. The Bertz CT molecular complexity index is 1180. The second-order valence-corrected chi connectivity index (χ2v) is 9.87. The lowest BCUT2D eigenvalue weighted by Crippen LogP contribution is -2.43. The number of anilines is 2. The molecule has 0 bridgehead atoms. The van der Waals surface area contributed by atoms with E-state index in [0.29, 0.717) is 35.5 Å². The molecule has 0 spiro atoms. The summed E-state index contributed by atoms with van der Waals surface area (Å²) in [5.74, 6) is -0.326. The molecule has 2 aliphatic rings. The molecule has 0 aliphatic carbocycles. The Morgan fingerprint density at radius 3 is 2.65 bits per heavy atom. The highest BCUT2D eigenvalue weighted by Crippen LogP contribution is 2.36. The third kappa shape index (κ3) is 4.03. The molecule has 164 valence electrons. The van der Waals surface area contributed by atoms with Crippen molar-refractivity contribution in [3.63, 3.8) is 0 Å². The fraction of sp³-hybridized carbons (Fsp3) is 0.364. The van der Waals surface area contributed by atoms with Crippen LogP contribution in [0.4, 0.5) is 11.4 Å². The first-order valence-corrected chi connectivity index (χ1v) is 11.6. The minimum absolute atomic E-state index is 0.0771. The van der Waals surface area contributed by atoms with Gasteiger partial charge in [0, 0.05) is 18.3 Å². The maximum atomic E-state index is 13.5. The normalized spacial score (nSPS) is 18.8. The molecule has 0 aromatic heterocycles. The average molecular weight is 444 g/mol. The minimum Gasteiger partial charge on any atom is -0.482 e. The molecule has 1 fully saturated rings. The molecule has 1 atom stereocenters. The van der Waals surface area contributed by atoms with E-state index in [2.05, 4.69) is 10.6 Å². The summed E-state index contributed by atoms with van der Waals surface area (Å²) in [5.41, 5.74) is 3.73. The fourth-order valence-electron chi connectivity index (χ4n) is 3.95. The Kier molecular flexibility index (Phi) is 5.49. The number of benzene rings is 2. The van der Waals surface area contributed by atoms with Crippen LogP contribution in [0.3, 0.4) is 0 Å². The van der Waals surface area contributed by atoms with Crippen LogP contribution in [-0.4, -0.2) is 43.7 Å². The van der Waals surface area contributed by atoms with Crippen LogP contribution in [0, 0.1) is 20.8 Å². The van der Waals surface area contributed by atoms with E-state index < -0.39 is 16.1 Å². The Balaban J connectivity index is 1.61. The zero-order valence-electron chi connectivity index (χ0n) is 17.7. The van der Waals surface area contributed by atoms with Crippen molar-refractivity contribution in [2.75, 3.05) is 23.8 Å². The number of hydrogen-bond acceptors (Lipinski definition) is 5. The standard InChI is InChI=1S/C22H25N3O5S/c1-13-6-7-16(9-14(13)2)23-22(27)18-5-4-8-25(18)31(28,29)20-11-19-17(10-15(20)3)24-21(26)12-30-19/h6-7,9-11,18H,4-5,8,12H2,1-3H3,(H,23,27)(H,24,26)/t18-/m0/s1. The van der Waals surface area contributed by atoms with Gasteiger partial charge in [0.1, 0.15) is 11.8 Å². The summed E-state index contributed by atoms with van der Waals surface area (Å²) in [7, 11) is -3.94. The van der Waals surface area contributed by atoms with E-state index in [1.165, 1.54) is 10.4 Å². The van der Waals surface area contributed by atoms with Crippen molar-refractivity contribution in [3.05, 3.63) is 47.0 Å². The van der Waals surface area contributed by atoms with Crippen LogP contribution in [-0.2, 0) is 19.6 Å². The number of carbonyl (C=O) groups excluding carboxylic acids is 2. The number of sulfonamides is 1. The molecule has 2 aliphatic heterocycles. The van der Waals surface area contributed by atoms with Gasteiger partial charge in [0.15, 0.2) is 6.61 Å². The lowest BCUT2D eigenvalue weighted by Gasteiger charge is -2.26. The lowest BCUT2D eigenvalue weighted by atomic mass is 10.1. The monoisotopic (exact) mass is 443 g/mol. The summed E-state index contributed by atoms with van der Waals surface area (Å²) in [6, 6.07) is 7.83. The molecule has 31 heavy (non-hydrogen) atoms. The fourth-order valence-corrected chi connectivity index (χ4v) is 5.83. The maximum Gasteiger partial charge on any atom is 0.262 e. The van der Waals surface area contributed by atoms with Crippen molar-refractivity contribution >= 4 is 33.2 Å². The maximum absolute atomic E-state index is 13.5. The number of hydrogen-bond donors (Lipinski definition) is 2. The molecule has 8 nitrogen and oxygen atoms in total. The molecule has 2 aromatic carbocycles. The van der Waals surface area contributed by atoms with Gasteiger partial charge in [-0.3, -0.25) is 9.59 Å². The molecule has 9 heteroatoms. The molecular weight excluding hydrogens is 418 g/mol. The predicted molar refractivity (Wildman–Crippen MR) is 117 cm³/mol. The molecule has 0 unspecified atom stereocenters. The topological polar surface area (TPSA) is 105 Å². The highest BCUT2D eigenvalue weighted by atomic mass is 32.2. The summed E-state index contributed by atoms with van der Waals surface area (Å²) in [6.45, 7) is 5.71. The third-order valence-corrected chi connectivity index (χ3v) is 7.83. The van der Waals surface area contributed by atoms with Gasteiger partial charge in [0.05, 0.1) is 10.6 Å². The Labute approximate surface area is 181 Å². The number of nitrogens with zero attached hydrogens (tertiary/aromatic N) is 1. The zero-order chi connectivity index (χ0) is 22.3. The lowest BCUT2D eigenvalue weighted by molar-refractivity contribution is -0.119. The van der Waals surface area contributed by atoms with Crippen molar-refractivity contribution in [1.29, 1.82) is 0 Å². The van der Waals surface area contributed by atoms with Crippen LogP contribution in [0.2, 0.25) is 0 Å². The summed E-state index contributed by atoms with van der Waals surface area (Å²) in [4.78, 5) is 24.6.